The van der Waals surface area contributed by atoms with E-state index in [0.29, 0.717) is 4.73 Å². The summed E-state index contributed by atoms with van der Waals surface area (Å²) in [4.78, 5) is 2.46. The van der Waals surface area contributed by atoms with Gasteiger partial charge in [-0.1, -0.05) is 5.11 Å². The summed E-state index contributed by atoms with van der Waals surface area (Å²) in [5.41, 5.74) is 8.29. The van der Waals surface area contributed by atoms with E-state index in [9.17, 15) is 15.4 Å². The summed E-state index contributed by atoms with van der Waals surface area (Å²) in [6, 6.07) is 2.95. The van der Waals surface area contributed by atoms with Gasteiger partial charge in [0.25, 0.3) is 0 Å². The van der Waals surface area contributed by atoms with Crippen molar-refractivity contribution in [3.63, 3.8) is 0 Å². The van der Waals surface area contributed by atoms with Crippen LogP contribution in [-0.2, 0) is 0 Å². The molecule has 7 nitrogen and oxygen atoms in total. The third-order valence-corrected chi connectivity index (χ3v) is 1.84. The highest BCUT2D eigenvalue weighted by Gasteiger charge is 2.19. The Bertz CT molecular complexity index is 378. The lowest BCUT2D eigenvalue weighted by molar-refractivity contribution is -0.606. The van der Waals surface area contributed by atoms with Gasteiger partial charge in [0.2, 0.25) is 0 Å². The van der Waals surface area contributed by atoms with Gasteiger partial charge >= 0.3 is 0 Å². The molecule has 0 aliphatic carbocycles. The number of aromatic nitrogens is 1. The van der Waals surface area contributed by atoms with Gasteiger partial charge in [-0.3, -0.25) is 0 Å². The van der Waals surface area contributed by atoms with E-state index in [-0.39, 0.29) is 12.1 Å². The summed E-state index contributed by atoms with van der Waals surface area (Å²) >= 11 is 0. The third kappa shape index (κ3) is 3.10. The van der Waals surface area contributed by atoms with E-state index in [2.05, 4.69) is 10.0 Å². The largest absolute Gasteiger partial charge is 0.619 e. The summed E-state index contributed by atoms with van der Waals surface area (Å²) in [5, 5.41) is 32.9. The molecule has 1 aromatic heterocycles. The molecule has 0 bridgehead atoms. The molecule has 0 fully saturated rings. The first kappa shape index (κ1) is 11.3. The molecule has 1 heterocycles. The Labute approximate surface area is 85.4 Å². The molecule has 1 aromatic rings. The molecular formula is C8H10N4O3. The molecule has 0 aromatic carbocycles. The smallest absolute Gasteiger partial charge is 0.186 e. The van der Waals surface area contributed by atoms with Crippen LogP contribution in [0.4, 0.5) is 0 Å². The Hall–Kier alpha value is -1.82. The normalized spacial score (nSPS) is 14.0. The highest BCUT2D eigenvalue weighted by Crippen LogP contribution is 2.14. The van der Waals surface area contributed by atoms with Gasteiger partial charge < -0.3 is 15.4 Å². The Morgan fingerprint density at radius 1 is 1.60 bits per heavy atom. The topological polar surface area (TPSA) is 116 Å². The number of hydrogen-bond acceptors (Lipinski definition) is 4. The number of nitrogens with zero attached hydrogens (tertiary/aromatic N) is 4. The number of hydrogen-bond donors (Lipinski definition) is 2. The zero-order valence-corrected chi connectivity index (χ0v) is 7.76. The molecular weight excluding hydrogens is 200 g/mol. The maximum Gasteiger partial charge on any atom is 0.186 e. The van der Waals surface area contributed by atoms with E-state index < -0.39 is 12.2 Å². The van der Waals surface area contributed by atoms with E-state index >= 15 is 0 Å². The molecule has 0 spiro atoms. The zero-order valence-electron chi connectivity index (χ0n) is 7.76. The van der Waals surface area contributed by atoms with Crippen LogP contribution in [0, 0.1) is 5.21 Å². The first-order chi connectivity index (χ1) is 7.15. The van der Waals surface area contributed by atoms with Gasteiger partial charge in [0.15, 0.2) is 12.4 Å². The summed E-state index contributed by atoms with van der Waals surface area (Å²) in [5.74, 6) is 0. The minimum atomic E-state index is -1.24. The van der Waals surface area contributed by atoms with Crippen LogP contribution in [0.15, 0.2) is 29.6 Å². The summed E-state index contributed by atoms with van der Waals surface area (Å²) in [7, 11) is 0. The molecule has 0 aliphatic heterocycles. The van der Waals surface area contributed by atoms with Crippen LogP contribution in [0.25, 0.3) is 10.4 Å². The van der Waals surface area contributed by atoms with Crippen molar-refractivity contribution in [2.45, 2.75) is 12.2 Å². The Balaban J connectivity index is 2.75. The summed E-state index contributed by atoms with van der Waals surface area (Å²) < 4.78 is 0.513. The Kier molecular flexibility index (Phi) is 3.87. The molecule has 0 saturated carbocycles. The fourth-order valence-corrected chi connectivity index (χ4v) is 1.09. The van der Waals surface area contributed by atoms with Gasteiger partial charge in [0.05, 0.1) is 12.6 Å². The van der Waals surface area contributed by atoms with Crippen molar-refractivity contribution in [2.24, 2.45) is 5.11 Å². The van der Waals surface area contributed by atoms with Crippen LogP contribution in [0.2, 0.25) is 0 Å². The lowest BCUT2D eigenvalue weighted by Crippen LogP contribution is -2.28. The van der Waals surface area contributed by atoms with Crippen LogP contribution in [-0.4, -0.2) is 22.9 Å². The summed E-state index contributed by atoms with van der Waals surface area (Å²) in [6.45, 7) is -0.245. The Morgan fingerprint density at radius 3 is 2.93 bits per heavy atom. The van der Waals surface area contributed by atoms with Crippen molar-refractivity contribution in [2.75, 3.05) is 6.54 Å². The average molecular weight is 210 g/mol. The van der Waals surface area contributed by atoms with Crippen molar-refractivity contribution in [1.82, 2.24) is 0 Å². The van der Waals surface area contributed by atoms with Gasteiger partial charge in [0, 0.05) is 16.5 Å². The highest BCUT2D eigenvalue weighted by molar-refractivity contribution is 5.10. The number of aliphatic hydroxyl groups is 2. The van der Waals surface area contributed by atoms with Gasteiger partial charge in [-0.25, -0.2) is 0 Å². The maximum atomic E-state index is 10.9. The molecule has 15 heavy (non-hydrogen) atoms. The molecule has 0 aliphatic rings. The van der Waals surface area contributed by atoms with Gasteiger partial charge in [-0.05, 0) is 11.6 Å². The molecule has 2 unspecified atom stereocenters. The van der Waals surface area contributed by atoms with Crippen LogP contribution in [0.3, 0.4) is 0 Å². The minimum Gasteiger partial charge on any atom is -0.619 e. The molecule has 0 amide bonds. The molecule has 2 N–H and O–H groups in total. The molecule has 2 atom stereocenters. The molecule has 0 radical (unpaired) electrons. The van der Waals surface area contributed by atoms with Crippen LogP contribution < -0.4 is 4.73 Å². The second-order valence-corrected chi connectivity index (χ2v) is 2.92. The van der Waals surface area contributed by atoms with E-state index in [1.165, 1.54) is 18.3 Å². The van der Waals surface area contributed by atoms with Crippen molar-refractivity contribution in [3.8, 4) is 0 Å². The number of rotatable bonds is 4. The predicted molar refractivity (Wildman–Crippen MR) is 50.4 cm³/mol. The minimum absolute atomic E-state index is 0.245. The van der Waals surface area contributed by atoms with Gasteiger partial charge in [-0.15, -0.1) is 0 Å². The van der Waals surface area contributed by atoms with Crippen LogP contribution in [0.5, 0.6) is 0 Å². The number of pyridine rings is 1. The van der Waals surface area contributed by atoms with Crippen molar-refractivity contribution in [3.05, 3.63) is 45.7 Å². The first-order valence-electron chi connectivity index (χ1n) is 4.21. The lowest BCUT2D eigenvalue weighted by Gasteiger charge is -2.14. The average Bonchev–Trinajstić information content (AvgIpc) is 2.24. The first-order valence-corrected chi connectivity index (χ1v) is 4.21. The van der Waals surface area contributed by atoms with Crippen LogP contribution >= 0.6 is 0 Å². The van der Waals surface area contributed by atoms with E-state index in [1.807, 2.05) is 0 Å². The van der Waals surface area contributed by atoms with E-state index in [0.717, 1.165) is 6.20 Å². The Morgan fingerprint density at radius 2 is 2.33 bits per heavy atom. The predicted octanol–water partition coefficient (Wildman–Crippen LogP) is 0.0246. The molecule has 1 rings (SSSR count). The molecule has 0 saturated heterocycles. The SMILES string of the molecule is [N-]=[N+]=NCC(O)C(O)c1ccc[n+]([O-])c1. The van der Waals surface area contributed by atoms with Gasteiger partial charge in [0.1, 0.15) is 6.10 Å². The fraction of sp³-hybridized carbons (Fsp3) is 0.375. The monoisotopic (exact) mass is 210 g/mol. The second-order valence-electron chi connectivity index (χ2n) is 2.92. The number of azide groups is 1. The maximum absolute atomic E-state index is 10.9. The van der Waals surface area contributed by atoms with Crippen molar-refractivity contribution < 1.29 is 14.9 Å². The zero-order chi connectivity index (χ0) is 11.3. The fourth-order valence-electron chi connectivity index (χ4n) is 1.09. The highest BCUT2D eigenvalue weighted by atomic mass is 16.5. The molecule has 80 valence electrons. The van der Waals surface area contributed by atoms with E-state index in [1.54, 1.807) is 0 Å². The van der Waals surface area contributed by atoms with Gasteiger partial charge in [-0.2, -0.15) is 4.73 Å². The molecule has 7 heteroatoms. The quantitative estimate of drug-likeness (QED) is 0.240. The number of aliphatic hydroxyl groups excluding tert-OH is 2. The lowest BCUT2D eigenvalue weighted by atomic mass is 10.1. The van der Waals surface area contributed by atoms with Crippen molar-refractivity contribution >= 4 is 0 Å². The van der Waals surface area contributed by atoms with Crippen LogP contribution in [0.1, 0.15) is 11.7 Å². The van der Waals surface area contributed by atoms with Crippen molar-refractivity contribution in [1.29, 1.82) is 0 Å². The second kappa shape index (κ2) is 5.16. The third-order valence-electron chi connectivity index (χ3n) is 1.84. The van der Waals surface area contributed by atoms with E-state index in [4.69, 9.17) is 5.53 Å². The summed E-state index contributed by atoms with van der Waals surface area (Å²) in [6.07, 6.45) is -0.0554. The standard InChI is InChI=1S/C8H10N4O3/c9-11-10-4-7(13)8(14)6-2-1-3-12(15)5-6/h1-3,5,7-8,13-14H,4H2.